The molecule has 21 heavy (non-hydrogen) atoms. The van der Waals surface area contributed by atoms with Crippen molar-refractivity contribution in [3.05, 3.63) is 47.6 Å². The van der Waals surface area contributed by atoms with E-state index in [1.165, 1.54) is 24.6 Å². The van der Waals surface area contributed by atoms with Crippen molar-refractivity contribution in [1.29, 1.82) is 0 Å². The Labute approximate surface area is 124 Å². The van der Waals surface area contributed by atoms with E-state index >= 15 is 0 Å². The van der Waals surface area contributed by atoms with Crippen LogP contribution in [0, 0.1) is 0 Å². The van der Waals surface area contributed by atoms with Gasteiger partial charge in [-0.25, -0.2) is 4.98 Å². The molecule has 0 saturated heterocycles. The number of carbonyl (C=O) groups excluding carboxylic acids is 1. The minimum absolute atomic E-state index is 0.217. The first-order valence-corrected chi connectivity index (χ1v) is 6.96. The highest BCUT2D eigenvalue weighted by atomic mass is 32.1. The Hall–Kier alpha value is -2.67. The number of anilines is 1. The highest BCUT2D eigenvalue weighted by Crippen LogP contribution is 2.25. The second-order valence-electron chi connectivity index (χ2n) is 4.10. The fourth-order valence-electron chi connectivity index (χ4n) is 1.69. The zero-order chi connectivity index (χ0) is 14.7. The quantitative estimate of drug-likeness (QED) is 0.801. The van der Waals surface area contributed by atoms with Crippen LogP contribution < -0.4 is 10.1 Å². The SMILES string of the molecule is COc1ccc(NC(=O)c2cc(-c3cccs3)on2)cn1. The van der Waals surface area contributed by atoms with Crippen LogP contribution in [0.25, 0.3) is 10.6 Å². The van der Waals surface area contributed by atoms with Crippen LogP contribution in [-0.2, 0) is 0 Å². The molecular weight excluding hydrogens is 290 g/mol. The van der Waals surface area contributed by atoms with Gasteiger partial charge in [0.2, 0.25) is 5.88 Å². The molecule has 1 amide bonds. The van der Waals surface area contributed by atoms with Crippen LogP contribution in [0.15, 0.2) is 46.4 Å². The highest BCUT2D eigenvalue weighted by molar-refractivity contribution is 7.13. The lowest BCUT2D eigenvalue weighted by atomic mass is 10.3. The van der Waals surface area contributed by atoms with Crippen molar-refractivity contribution in [3.8, 4) is 16.5 Å². The lowest BCUT2D eigenvalue weighted by molar-refractivity contribution is 0.101. The number of nitrogens with one attached hydrogen (secondary N) is 1. The van der Waals surface area contributed by atoms with E-state index in [0.717, 1.165) is 4.88 Å². The molecule has 0 aromatic carbocycles. The van der Waals surface area contributed by atoms with Crippen molar-refractivity contribution in [2.24, 2.45) is 0 Å². The van der Waals surface area contributed by atoms with Gasteiger partial charge in [0.15, 0.2) is 11.5 Å². The van der Waals surface area contributed by atoms with Gasteiger partial charge in [-0.2, -0.15) is 0 Å². The van der Waals surface area contributed by atoms with Crippen LogP contribution in [0.3, 0.4) is 0 Å². The Bertz CT molecular complexity index is 735. The van der Waals surface area contributed by atoms with Crippen LogP contribution in [-0.4, -0.2) is 23.2 Å². The van der Waals surface area contributed by atoms with Crippen LogP contribution in [0.5, 0.6) is 5.88 Å². The number of carbonyl (C=O) groups is 1. The molecule has 0 bridgehead atoms. The minimum atomic E-state index is -0.353. The van der Waals surface area contributed by atoms with Gasteiger partial charge in [0.05, 0.1) is 23.9 Å². The normalized spacial score (nSPS) is 10.3. The highest BCUT2D eigenvalue weighted by Gasteiger charge is 2.14. The number of hydrogen-bond donors (Lipinski definition) is 1. The number of methoxy groups -OCH3 is 1. The topological polar surface area (TPSA) is 77.2 Å². The summed E-state index contributed by atoms with van der Waals surface area (Å²) in [5.41, 5.74) is 0.774. The van der Waals surface area contributed by atoms with Crippen molar-refractivity contribution < 1.29 is 14.1 Å². The third-order valence-electron chi connectivity index (χ3n) is 2.71. The number of amides is 1. The number of hydrogen-bond acceptors (Lipinski definition) is 6. The van der Waals surface area contributed by atoms with Gasteiger partial charge in [-0.1, -0.05) is 11.2 Å². The Balaban J connectivity index is 1.73. The maximum Gasteiger partial charge on any atom is 0.277 e. The summed E-state index contributed by atoms with van der Waals surface area (Å²) < 4.78 is 10.1. The maximum absolute atomic E-state index is 12.1. The van der Waals surface area contributed by atoms with Gasteiger partial charge in [0.25, 0.3) is 5.91 Å². The summed E-state index contributed by atoms with van der Waals surface area (Å²) in [5, 5.41) is 8.40. The van der Waals surface area contributed by atoms with E-state index in [1.807, 2.05) is 17.5 Å². The smallest absolute Gasteiger partial charge is 0.277 e. The summed E-state index contributed by atoms with van der Waals surface area (Å²) >= 11 is 1.52. The summed E-state index contributed by atoms with van der Waals surface area (Å²) in [6.07, 6.45) is 1.51. The predicted molar refractivity (Wildman–Crippen MR) is 78.6 cm³/mol. The molecule has 0 atom stereocenters. The van der Waals surface area contributed by atoms with Gasteiger partial charge in [-0.05, 0) is 17.5 Å². The van der Waals surface area contributed by atoms with Crippen LogP contribution in [0.4, 0.5) is 5.69 Å². The summed E-state index contributed by atoms with van der Waals surface area (Å²) in [6.45, 7) is 0. The van der Waals surface area contributed by atoms with Crippen molar-refractivity contribution in [1.82, 2.24) is 10.1 Å². The van der Waals surface area contributed by atoms with Crippen LogP contribution in [0.1, 0.15) is 10.5 Å². The number of pyridine rings is 1. The molecule has 3 rings (SSSR count). The molecule has 0 unspecified atom stereocenters. The third kappa shape index (κ3) is 2.92. The van der Waals surface area contributed by atoms with E-state index in [1.54, 1.807) is 18.2 Å². The van der Waals surface area contributed by atoms with Gasteiger partial charge in [-0.3, -0.25) is 4.79 Å². The Morgan fingerprint density at radius 2 is 2.29 bits per heavy atom. The standard InChI is InChI=1S/C14H11N3O3S/c1-19-13-5-4-9(8-15-13)16-14(18)10-7-11(20-17-10)12-3-2-6-21-12/h2-8H,1H3,(H,16,18). The first-order chi connectivity index (χ1) is 10.3. The van der Waals surface area contributed by atoms with Gasteiger partial charge in [-0.15, -0.1) is 11.3 Å². The van der Waals surface area contributed by atoms with Gasteiger partial charge < -0.3 is 14.6 Å². The molecule has 106 valence electrons. The lowest BCUT2D eigenvalue weighted by Gasteiger charge is -2.03. The summed E-state index contributed by atoms with van der Waals surface area (Å²) in [6, 6.07) is 8.78. The molecule has 6 nitrogen and oxygen atoms in total. The molecule has 0 radical (unpaired) electrons. The van der Waals surface area contributed by atoms with Gasteiger partial charge in [0, 0.05) is 12.1 Å². The fourth-order valence-corrected chi connectivity index (χ4v) is 2.36. The van der Waals surface area contributed by atoms with E-state index < -0.39 is 0 Å². The zero-order valence-corrected chi connectivity index (χ0v) is 11.9. The van der Waals surface area contributed by atoms with Crippen molar-refractivity contribution >= 4 is 22.9 Å². The molecule has 0 fully saturated rings. The summed E-state index contributed by atoms with van der Waals surface area (Å²) in [4.78, 5) is 17.0. The Morgan fingerprint density at radius 3 is 2.95 bits per heavy atom. The fraction of sp³-hybridized carbons (Fsp3) is 0.0714. The average Bonchev–Trinajstić information content (AvgIpc) is 3.19. The molecule has 7 heteroatoms. The second-order valence-corrected chi connectivity index (χ2v) is 5.04. The monoisotopic (exact) mass is 301 g/mol. The first kappa shape index (κ1) is 13.3. The largest absolute Gasteiger partial charge is 0.481 e. The van der Waals surface area contributed by atoms with Crippen LogP contribution in [0.2, 0.25) is 0 Å². The van der Waals surface area contributed by atoms with Crippen LogP contribution >= 0.6 is 11.3 Å². The number of nitrogens with zero attached hydrogens (tertiary/aromatic N) is 2. The maximum atomic E-state index is 12.1. The van der Waals surface area contributed by atoms with Gasteiger partial charge in [0.1, 0.15) is 0 Å². The third-order valence-corrected chi connectivity index (χ3v) is 3.59. The molecule has 3 heterocycles. The molecular formula is C14H11N3O3S. The Kier molecular flexibility index (Phi) is 3.65. The summed E-state index contributed by atoms with van der Waals surface area (Å²) in [7, 11) is 1.53. The molecule has 0 aliphatic heterocycles. The molecule has 0 spiro atoms. The van der Waals surface area contributed by atoms with E-state index in [0.29, 0.717) is 17.3 Å². The minimum Gasteiger partial charge on any atom is -0.481 e. The second kappa shape index (κ2) is 5.76. The van der Waals surface area contributed by atoms with Crippen molar-refractivity contribution in [3.63, 3.8) is 0 Å². The number of ether oxygens (including phenoxy) is 1. The molecule has 3 aromatic rings. The Morgan fingerprint density at radius 1 is 1.38 bits per heavy atom. The van der Waals surface area contributed by atoms with E-state index in [9.17, 15) is 4.79 Å². The van der Waals surface area contributed by atoms with E-state index in [2.05, 4.69) is 15.5 Å². The average molecular weight is 301 g/mol. The van der Waals surface area contributed by atoms with Crippen molar-refractivity contribution in [2.45, 2.75) is 0 Å². The molecule has 0 saturated carbocycles. The predicted octanol–water partition coefficient (Wildman–Crippen LogP) is 3.06. The number of aromatic nitrogens is 2. The first-order valence-electron chi connectivity index (χ1n) is 6.08. The lowest BCUT2D eigenvalue weighted by Crippen LogP contribution is -2.12. The molecule has 0 aliphatic rings. The summed E-state index contributed by atoms with van der Waals surface area (Å²) in [5.74, 6) is 0.700. The number of thiophene rings is 1. The van der Waals surface area contributed by atoms with Gasteiger partial charge >= 0.3 is 0 Å². The van der Waals surface area contributed by atoms with E-state index in [-0.39, 0.29) is 11.6 Å². The van der Waals surface area contributed by atoms with E-state index in [4.69, 9.17) is 9.26 Å². The molecule has 3 aromatic heterocycles. The molecule has 1 N–H and O–H groups in total. The molecule has 0 aliphatic carbocycles. The number of rotatable bonds is 4. The van der Waals surface area contributed by atoms with Crippen molar-refractivity contribution in [2.75, 3.05) is 12.4 Å². The zero-order valence-electron chi connectivity index (χ0n) is 11.1.